The monoisotopic (exact) mass is 476 g/mol. The molecular formula is C28H24FeN2O2. The van der Waals surface area contributed by atoms with Crippen molar-refractivity contribution in [1.82, 2.24) is 0 Å². The third-order valence-corrected chi connectivity index (χ3v) is 5.49. The second-order valence-corrected chi connectivity index (χ2v) is 7.69. The Bertz CT molecular complexity index is 842. The molecule has 2 aromatic carbocycles. The fraction of sp³-hybridized carbons (Fsp3) is 0.143. The van der Waals surface area contributed by atoms with Gasteiger partial charge in [0.1, 0.15) is 25.3 Å². The van der Waals surface area contributed by atoms with Crippen molar-refractivity contribution in [2.24, 2.45) is 9.98 Å². The molecule has 2 aromatic rings. The summed E-state index contributed by atoms with van der Waals surface area (Å²) in [6.45, 7) is 1.29. The Morgan fingerprint density at radius 1 is 0.545 bits per heavy atom. The summed E-state index contributed by atoms with van der Waals surface area (Å²) in [5.74, 6) is 3.66. The molecule has 2 fully saturated rings. The van der Waals surface area contributed by atoms with Crippen molar-refractivity contribution >= 4 is 11.8 Å². The Morgan fingerprint density at radius 3 is 1.27 bits per heavy atom. The average molecular weight is 476 g/mol. The van der Waals surface area contributed by atoms with E-state index < -0.39 is 0 Å². The molecule has 2 heterocycles. The Kier molecular flexibility index (Phi) is 8.63. The zero-order chi connectivity index (χ0) is 21.6. The van der Waals surface area contributed by atoms with Crippen molar-refractivity contribution in [3.8, 4) is 0 Å². The van der Waals surface area contributed by atoms with Crippen molar-refractivity contribution in [3.63, 3.8) is 0 Å². The predicted octanol–water partition coefficient (Wildman–Crippen LogP) is 5.12. The molecular weight excluding hydrogens is 452 g/mol. The summed E-state index contributed by atoms with van der Waals surface area (Å²) < 4.78 is 11.2. The van der Waals surface area contributed by atoms with E-state index in [-0.39, 0.29) is 29.2 Å². The fourth-order valence-electron chi connectivity index (χ4n) is 3.79. The van der Waals surface area contributed by atoms with Crippen LogP contribution in [0, 0.1) is 63.2 Å². The first kappa shape index (κ1) is 24.0. The topological polar surface area (TPSA) is 43.2 Å². The van der Waals surface area contributed by atoms with E-state index in [4.69, 9.17) is 9.47 Å². The summed E-state index contributed by atoms with van der Waals surface area (Å²) >= 11 is 0. The first-order valence-electron chi connectivity index (χ1n) is 10.8. The fourth-order valence-corrected chi connectivity index (χ4v) is 3.79. The molecule has 0 saturated heterocycles. The molecule has 0 N–H and O–H groups in total. The maximum absolute atomic E-state index is 5.61. The van der Waals surface area contributed by atoms with Gasteiger partial charge in [-0.1, -0.05) is 60.7 Å². The van der Waals surface area contributed by atoms with Gasteiger partial charge in [-0.3, -0.25) is 0 Å². The maximum Gasteiger partial charge on any atom is 0.192 e. The van der Waals surface area contributed by atoms with Crippen molar-refractivity contribution in [2.45, 2.75) is 12.1 Å². The Morgan fingerprint density at radius 2 is 0.909 bits per heavy atom. The molecule has 4 aliphatic rings. The number of ether oxygens (including phenoxy) is 2. The standard InChI is InChI=1S/2C14H12NO.Fe/c2*1-2-6-11(7-3-1)13-10-16-14(15-13)12-8-4-5-9-12;/h2*1-9,13H,10H2;/t2*13-;/m11./s1. The molecule has 0 unspecified atom stereocenters. The molecule has 33 heavy (non-hydrogen) atoms. The minimum atomic E-state index is 0. The Labute approximate surface area is 208 Å². The van der Waals surface area contributed by atoms with E-state index in [9.17, 15) is 0 Å². The molecule has 0 amide bonds. The molecule has 2 saturated carbocycles. The summed E-state index contributed by atoms with van der Waals surface area (Å²) in [6.07, 6.45) is 16.1. The van der Waals surface area contributed by atoms with Gasteiger partial charge in [0.2, 0.25) is 0 Å². The minimum absolute atomic E-state index is 0. The maximum atomic E-state index is 5.61. The Hall–Kier alpha value is -2.10. The number of benzene rings is 2. The van der Waals surface area contributed by atoms with Gasteiger partial charge in [0.05, 0.1) is 11.8 Å². The summed E-state index contributed by atoms with van der Waals surface area (Å²) in [5, 5.41) is 0. The molecule has 5 heteroatoms. The van der Waals surface area contributed by atoms with Crippen LogP contribution < -0.4 is 0 Å². The zero-order valence-corrected chi connectivity index (χ0v) is 19.1. The minimum Gasteiger partial charge on any atom is -0.478 e. The van der Waals surface area contributed by atoms with Crippen LogP contribution in [0.4, 0.5) is 0 Å². The van der Waals surface area contributed by atoms with Crippen LogP contribution in [0.2, 0.25) is 0 Å². The van der Waals surface area contributed by atoms with Crippen molar-refractivity contribution in [3.05, 3.63) is 135 Å². The van der Waals surface area contributed by atoms with Crippen molar-refractivity contribution in [1.29, 1.82) is 0 Å². The van der Waals surface area contributed by atoms with Crippen LogP contribution in [0.15, 0.2) is 70.6 Å². The summed E-state index contributed by atoms with van der Waals surface area (Å²) in [6, 6.07) is 20.8. The first-order valence-corrected chi connectivity index (χ1v) is 10.8. The molecule has 2 aliphatic heterocycles. The summed E-state index contributed by atoms with van der Waals surface area (Å²) in [5.41, 5.74) is 2.42. The summed E-state index contributed by atoms with van der Waals surface area (Å²) in [4.78, 5) is 9.19. The third-order valence-electron chi connectivity index (χ3n) is 5.49. The molecule has 0 aromatic heterocycles. The Balaban J connectivity index is 0.000000152. The van der Waals surface area contributed by atoms with Crippen LogP contribution in [-0.2, 0) is 26.5 Å². The van der Waals surface area contributed by atoms with Crippen LogP contribution in [0.1, 0.15) is 23.2 Å². The van der Waals surface area contributed by atoms with Gasteiger partial charge in [0, 0.05) is 17.1 Å². The molecule has 2 aliphatic carbocycles. The molecule has 0 bridgehead atoms. The number of hydrogen-bond donors (Lipinski definition) is 0. The van der Waals surface area contributed by atoms with Crippen LogP contribution >= 0.6 is 0 Å². The molecule has 6 rings (SSSR count). The van der Waals surface area contributed by atoms with Crippen LogP contribution in [0.5, 0.6) is 0 Å². The van der Waals surface area contributed by atoms with E-state index in [0.29, 0.717) is 13.2 Å². The van der Waals surface area contributed by atoms with Gasteiger partial charge in [-0.2, -0.15) is 0 Å². The van der Waals surface area contributed by atoms with Crippen LogP contribution in [0.3, 0.4) is 0 Å². The third kappa shape index (κ3) is 6.07. The van der Waals surface area contributed by atoms with E-state index in [1.165, 1.54) is 11.1 Å². The van der Waals surface area contributed by atoms with Gasteiger partial charge in [0.15, 0.2) is 11.8 Å². The normalized spacial score (nSPS) is 24.7. The van der Waals surface area contributed by atoms with Gasteiger partial charge in [-0.15, -0.1) is 0 Å². The van der Waals surface area contributed by atoms with Gasteiger partial charge < -0.3 is 9.47 Å². The van der Waals surface area contributed by atoms with Crippen molar-refractivity contribution in [2.75, 3.05) is 13.2 Å². The average Bonchev–Trinajstić information content (AvgIpc) is 3.67. The summed E-state index contributed by atoms with van der Waals surface area (Å²) in [7, 11) is 0. The molecule has 2 atom stereocenters. The molecule has 166 valence electrons. The smallest absolute Gasteiger partial charge is 0.192 e. The molecule has 10 radical (unpaired) electrons. The second-order valence-electron chi connectivity index (χ2n) is 7.69. The number of aliphatic imine (C=N–C) groups is 2. The first-order chi connectivity index (χ1) is 15.9. The van der Waals surface area contributed by atoms with Crippen LogP contribution in [0.25, 0.3) is 0 Å². The van der Waals surface area contributed by atoms with E-state index in [1.807, 2.05) is 87.8 Å². The largest absolute Gasteiger partial charge is 0.478 e. The van der Waals surface area contributed by atoms with Crippen LogP contribution in [-0.4, -0.2) is 25.0 Å². The van der Waals surface area contributed by atoms with Gasteiger partial charge in [0.25, 0.3) is 0 Å². The van der Waals surface area contributed by atoms with E-state index in [2.05, 4.69) is 34.3 Å². The van der Waals surface area contributed by atoms with E-state index in [1.54, 1.807) is 0 Å². The second kappa shape index (κ2) is 11.9. The number of nitrogens with zero attached hydrogens (tertiary/aromatic N) is 2. The molecule has 4 nitrogen and oxygen atoms in total. The zero-order valence-electron chi connectivity index (χ0n) is 18.0. The SMILES string of the molecule is [CH]1[CH][CH][C](C2=N[C@@H](c3ccccc3)CO2)[CH]1.[CH]1[CH][CH][C](C2=N[C@@H](c3ccccc3)CO2)[CH]1.[Fe]. The van der Waals surface area contributed by atoms with Crippen molar-refractivity contribution < 1.29 is 26.5 Å². The molecule has 0 spiro atoms. The quantitative estimate of drug-likeness (QED) is 0.575. The van der Waals surface area contributed by atoms with Gasteiger partial charge in [-0.25, -0.2) is 9.98 Å². The number of rotatable bonds is 4. The van der Waals surface area contributed by atoms with Gasteiger partial charge in [-0.05, 0) is 62.5 Å². The predicted molar refractivity (Wildman–Crippen MR) is 126 cm³/mol. The van der Waals surface area contributed by atoms with Gasteiger partial charge >= 0.3 is 0 Å². The number of hydrogen-bond acceptors (Lipinski definition) is 4. The van der Waals surface area contributed by atoms with E-state index in [0.717, 1.165) is 23.6 Å². The van der Waals surface area contributed by atoms with E-state index >= 15 is 0 Å².